The number of amides is 2. The van der Waals surface area contributed by atoms with Crippen molar-refractivity contribution in [3.05, 3.63) is 39.5 Å². The summed E-state index contributed by atoms with van der Waals surface area (Å²) in [7, 11) is 1.48. The third-order valence-electron chi connectivity index (χ3n) is 2.06. The van der Waals surface area contributed by atoms with Crippen molar-refractivity contribution in [1.82, 2.24) is 4.90 Å². The maximum Gasteiger partial charge on any atom is 0.326 e. The van der Waals surface area contributed by atoms with Gasteiger partial charge in [0.05, 0.1) is 21.6 Å². The Bertz CT molecular complexity index is 476. The highest BCUT2D eigenvalue weighted by Gasteiger charge is 2.15. The summed E-state index contributed by atoms with van der Waals surface area (Å²) in [6.07, 6.45) is 0. The summed E-state index contributed by atoms with van der Waals surface area (Å²) in [4.78, 5) is 13.0. The zero-order valence-corrected chi connectivity index (χ0v) is 12.4. The second-order valence-corrected chi connectivity index (χ2v) is 4.79. The van der Waals surface area contributed by atoms with Gasteiger partial charge in [0, 0.05) is 7.05 Å². The van der Waals surface area contributed by atoms with E-state index in [0.29, 0.717) is 10.7 Å². The van der Waals surface area contributed by atoms with Crippen molar-refractivity contribution in [2.24, 2.45) is 0 Å². The first-order valence-electron chi connectivity index (χ1n) is 4.86. The zero-order chi connectivity index (χ0) is 13.7. The first-order valence-corrected chi connectivity index (χ1v) is 6.53. The Morgan fingerprint density at radius 2 is 1.94 bits per heavy atom. The van der Waals surface area contributed by atoms with Crippen molar-refractivity contribution in [2.45, 2.75) is 0 Å². The number of nitrogens with zero attached hydrogens (tertiary/aromatic N) is 1. The molecule has 0 saturated carbocycles. The van der Waals surface area contributed by atoms with Crippen molar-refractivity contribution in [2.75, 3.05) is 18.2 Å². The van der Waals surface area contributed by atoms with E-state index in [0.717, 1.165) is 4.90 Å². The lowest BCUT2D eigenvalue weighted by Gasteiger charge is -2.18. The summed E-state index contributed by atoms with van der Waals surface area (Å²) in [6.45, 7) is 0. The topological polar surface area (TPSA) is 32.3 Å². The van der Waals surface area contributed by atoms with Crippen molar-refractivity contribution >= 4 is 58.1 Å². The van der Waals surface area contributed by atoms with Gasteiger partial charge in [-0.05, 0) is 12.1 Å². The molecule has 18 heavy (non-hydrogen) atoms. The van der Waals surface area contributed by atoms with Gasteiger partial charge in [0.25, 0.3) is 0 Å². The summed E-state index contributed by atoms with van der Waals surface area (Å²) < 4.78 is 0. The number of benzene rings is 1. The number of carbonyl (C=O) groups excluding carboxylic acids is 1. The Hall–Kier alpha value is -0.610. The quantitative estimate of drug-likeness (QED) is 0.634. The molecule has 2 amide bonds. The van der Waals surface area contributed by atoms with Gasteiger partial charge in [0.1, 0.15) is 5.16 Å². The fourth-order valence-electron chi connectivity index (χ4n) is 1.09. The van der Waals surface area contributed by atoms with Gasteiger partial charge in [0.2, 0.25) is 0 Å². The van der Waals surface area contributed by atoms with E-state index in [4.69, 9.17) is 46.4 Å². The fourth-order valence-corrected chi connectivity index (χ4v) is 1.74. The number of hydrogen-bond donors (Lipinski definition) is 1. The molecular formula is C11H10Cl4N2O. The number of para-hydroxylation sites is 1. The summed E-state index contributed by atoms with van der Waals surface area (Å²) in [6, 6.07) is 6.40. The van der Waals surface area contributed by atoms with Crippen LogP contribution in [0, 0.1) is 0 Å². The second-order valence-electron chi connectivity index (χ2n) is 3.30. The molecule has 0 saturated heterocycles. The highest BCUT2D eigenvalue weighted by atomic mass is 35.5. The maximum absolute atomic E-state index is 11.9. The van der Waals surface area contributed by atoms with Crippen LogP contribution >= 0.6 is 46.4 Å². The Kier molecular flexibility index (Phi) is 6.09. The lowest BCUT2D eigenvalue weighted by molar-refractivity contribution is 0.234. The molecule has 0 atom stereocenters. The molecule has 1 N–H and O–H groups in total. The van der Waals surface area contributed by atoms with Crippen LogP contribution in [0.5, 0.6) is 0 Å². The van der Waals surface area contributed by atoms with Crippen LogP contribution in [0.25, 0.3) is 0 Å². The van der Waals surface area contributed by atoms with E-state index in [9.17, 15) is 4.79 Å². The number of nitrogens with one attached hydrogen (secondary N) is 1. The maximum atomic E-state index is 11.9. The van der Waals surface area contributed by atoms with Crippen LogP contribution in [0.15, 0.2) is 34.5 Å². The monoisotopic (exact) mass is 326 g/mol. The summed E-state index contributed by atoms with van der Waals surface area (Å²) in [5.41, 5.74) is 0.488. The van der Waals surface area contributed by atoms with Gasteiger partial charge in [-0.1, -0.05) is 46.9 Å². The number of rotatable bonds is 3. The van der Waals surface area contributed by atoms with E-state index < -0.39 is 6.03 Å². The van der Waals surface area contributed by atoms with Crippen molar-refractivity contribution in [1.29, 1.82) is 0 Å². The molecule has 0 bridgehead atoms. The molecule has 0 heterocycles. The highest BCUT2D eigenvalue weighted by molar-refractivity contribution is 6.42. The average Bonchev–Trinajstić information content (AvgIpc) is 2.38. The van der Waals surface area contributed by atoms with Gasteiger partial charge < -0.3 is 5.32 Å². The lowest BCUT2D eigenvalue weighted by atomic mass is 10.3. The van der Waals surface area contributed by atoms with Gasteiger partial charge in [-0.2, -0.15) is 0 Å². The molecule has 3 nitrogen and oxygen atoms in total. The number of urea groups is 1. The first-order chi connectivity index (χ1) is 8.47. The molecule has 0 radical (unpaired) electrons. The number of halogens is 4. The third-order valence-corrected chi connectivity index (χ3v) is 3.68. The van der Waals surface area contributed by atoms with Crippen LogP contribution in [0.1, 0.15) is 0 Å². The Morgan fingerprint density at radius 3 is 2.50 bits per heavy atom. The predicted molar refractivity (Wildman–Crippen MR) is 77.7 cm³/mol. The van der Waals surface area contributed by atoms with E-state index in [1.54, 1.807) is 24.3 Å². The smallest absolute Gasteiger partial charge is 0.306 e. The minimum Gasteiger partial charge on any atom is -0.306 e. The van der Waals surface area contributed by atoms with Crippen LogP contribution in [0.3, 0.4) is 0 Å². The van der Waals surface area contributed by atoms with Crippen LogP contribution in [0.4, 0.5) is 10.5 Å². The molecule has 98 valence electrons. The molecule has 1 aromatic carbocycles. The first kappa shape index (κ1) is 15.4. The molecule has 0 fully saturated rings. The van der Waals surface area contributed by atoms with Crippen LogP contribution in [-0.4, -0.2) is 23.9 Å². The average molecular weight is 328 g/mol. The number of hydrogen-bond acceptors (Lipinski definition) is 1. The van der Waals surface area contributed by atoms with Crippen LogP contribution in [-0.2, 0) is 0 Å². The van der Waals surface area contributed by atoms with Gasteiger partial charge >= 0.3 is 6.03 Å². The van der Waals surface area contributed by atoms with E-state index in [1.165, 1.54) is 7.05 Å². The fraction of sp³-hybridized carbons (Fsp3) is 0.182. The molecule has 0 aromatic heterocycles. The minimum absolute atomic E-state index is 0.0318. The lowest BCUT2D eigenvalue weighted by Crippen LogP contribution is -2.29. The number of carbonyl (C=O) groups is 1. The van der Waals surface area contributed by atoms with Crippen molar-refractivity contribution < 1.29 is 4.79 Å². The largest absolute Gasteiger partial charge is 0.326 e. The number of alkyl halides is 1. The molecule has 1 aromatic rings. The third kappa shape index (κ3) is 3.95. The molecule has 0 aliphatic heterocycles. The predicted octanol–water partition coefficient (Wildman–Crippen LogP) is 4.69. The van der Waals surface area contributed by atoms with E-state index >= 15 is 0 Å². The molecular weight excluding hydrogens is 318 g/mol. The van der Waals surface area contributed by atoms with E-state index in [1.807, 2.05) is 0 Å². The second kappa shape index (κ2) is 7.10. The molecule has 0 unspecified atom stereocenters. The Morgan fingerprint density at radius 1 is 1.33 bits per heavy atom. The van der Waals surface area contributed by atoms with Gasteiger partial charge in [0.15, 0.2) is 0 Å². The van der Waals surface area contributed by atoms with Crippen LogP contribution in [0.2, 0.25) is 5.02 Å². The molecule has 7 heteroatoms. The number of anilines is 1. The van der Waals surface area contributed by atoms with Crippen molar-refractivity contribution in [3.63, 3.8) is 0 Å². The zero-order valence-electron chi connectivity index (χ0n) is 9.38. The molecule has 0 aliphatic rings. The SMILES string of the molecule is CN(C(=O)Nc1ccccc1Cl)C(Cl)=C(Cl)CCl. The van der Waals surface area contributed by atoms with E-state index in [2.05, 4.69) is 5.32 Å². The normalized spacial score (nSPS) is 11.8. The standard InChI is InChI=1S/C11H10Cl4N2O/c1-17(10(15)8(14)6-12)11(18)16-9-5-3-2-4-7(9)13/h2-5H,6H2,1H3,(H,16,18). The van der Waals surface area contributed by atoms with Gasteiger partial charge in [-0.15, -0.1) is 11.6 Å². The minimum atomic E-state index is -0.462. The molecule has 0 spiro atoms. The summed E-state index contributed by atoms with van der Waals surface area (Å²) >= 11 is 23.1. The molecule has 1 rings (SSSR count). The Balaban J connectivity index is 2.81. The Labute approximate surface area is 125 Å². The van der Waals surface area contributed by atoms with Crippen LogP contribution < -0.4 is 5.32 Å². The number of allylic oxidation sites excluding steroid dienone is 1. The highest BCUT2D eigenvalue weighted by Crippen LogP contribution is 2.23. The van der Waals surface area contributed by atoms with Gasteiger partial charge in [-0.25, -0.2) is 4.79 Å². The van der Waals surface area contributed by atoms with Crippen molar-refractivity contribution in [3.8, 4) is 0 Å². The summed E-state index contributed by atoms with van der Waals surface area (Å²) in [5, 5.41) is 3.29. The summed E-state index contributed by atoms with van der Waals surface area (Å²) in [5.74, 6) is 0.0318. The van der Waals surface area contributed by atoms with E-state index in [-0.39, 0.29) is 16.1 Å². The molecule has 0 aliphatic carbocycles. The van der Waals surface area contributed by atoms with Gasteiger partial charge in [-0.3, -0.25) is 4.90 Å².